The smallest absolute Gasteiger partial charge is 0.342 e. The number of aliphatic imine (C=N–C) groups is 2. The van der Waals surface area contributed by atoms with Gasteiger partial charge in [-0.05, 0) is 44.6 Å². The van der Waals surface area contributed by atoms with E-state index in [9.17, 15) is 26.3 Å². The topological polar surface area (TPSA) is 70.7 Å². The summed E-state index contributed by atoms with van der Waals surface area (Å²) in [6.07, 6.45) is -2.37. The second kappa shape index (κ2) is 10.4. The van der Waals surface area contributed by atoms with Gasteiger partial charge in [-0.3, -0.25) is 15.4 Å². The van der Waals surface area contributed by atoms with Crippen molar-refractivity contribution in [3.63, 3.8) is 0 Å². The monoisotopic (exact) mass is 503 g/mol. The highest BCUT2D eigenvalue weighted by Crippen LogP contribution is 2.55. The Morgan fingerprint density at radius 1 is 0.914 bits per heavy atom. The van der Waals surface area contributed by atoms with Crippen LogP contribution in [0.25, 0.3) is 0 Å². The third kappa shape index (κ3) is 6.82. The van der Waals surface area contributed by atoms with Gasteiger partial charge < -0.3 is 4.84 Å². The van der Waals surface area contributed by atoms with Crippen LogP contribution in [0.2, 0.25) is 0 Å². The Morgan fingerprint density at radius 3 is 2.00 bits per heavy atom. The highest BCUT2D eigenvalue weighted by molar-refractivity contribution is 6.00. The van der Waals surface area contributed by atoms with Crippen LogP contribution in [0.15, 0.2) is 44.5 Å². The van der Waals surface area contributed by atoms with E-state index in [1.165, 1.54) is 32.3 Å². The maximum absolute atomic E-state index is 13.3. The Balaban J connectivity index is 1.60. The van der Waals surface area contributed by atoms with Gasteiger partial charge in [-0.15, -0.1) is 0 Å². The number of hydrogen-bond donors (Lipinski definition) is 1. The van der Waals surface area contributed by atoms with Crippen molar-refractivity contribution in [2.75, 3.05) is 14.1 Å². The van der Waals surface area contributed by atoms with Gasteiger partial charge in [0.1, 0.15) is 12.3 Å². The molecule has 4 rings (SSSR count). The van der Waals surface area contributed by atoms with Crippen LogP contribution in [-0.2, 0) is 11.0 Å². The van der Waals surface area contributed by atoms with Gasteiger partial charge in [0.15, 0.2) is 0 Å². The van der Waals surface area contributed by atoms with Crippen molar-refractivity contribution >= 4 is 24.2 Å². The summed E-state index contributed by atoms with van der Waals surface area (Å²) in [5.41, 5.74) is 1.32. The molecule has 0 heterocycles. The first-order valence-corrected chi connectivity index (χ1v) is 11.1. The lowest BCUT2D eigenvalue weighted by Crippen LogP contribution is -2.43. The molecule has 6 nitrogen and oxygen atoms in total. The van der Waals surface area contributed by atoms with Crippen molar-refractivity contribution in [3.8, 4) is 0 Å². The Kier molecular flexibility index (Phi) is 7.90. The molecule has 3 saturated carbocycles. The summed E-state index contributed by atoms with van der Waals surface area (Å²) >= 11 is 0. The average Bonchev–Trinajstić information content (AvgIpc) is 2.81. The normalized spacial score (nSPS) is 26.1. The fourth-order valence-corrected chi connectivity index (χ4v) is 4.55. The summed E-state index contributed by atoms with van der Waals surface area (Å²) in [6, 6.07) is 5.16. The molecule has 3 aliphatic rings. The van der Waals surface area contributed by atoms with Gasteiger partial charge in [0.2, 0.25) is 5.90 Å². The first kappa shape index (κ1) is 26.7. The number of rotatable bonds is 6. The summed E-state index contributed by atoms with van der Waals surface area (Å²) in [4.78, 5) is 12.3. The van der Waals surface area contributed by atoms with E-state index in [1.807, 2.05) is 0 Å². The second-order valence-corrected chi connectivity index (χ2v) is 8.95. The number of oxime groups is 1. The van der Waals surface area contributed by atoms with Gasteiger partial charge in [-0.2, -0.15) is 31.4 Å². The van der Waals surface area contributed by atoms with Crippen molar-refractivity contribution in [2.24, 2.45) is 31.1 Å². The lowest BCUT2D eigenvalue weighted by molar-refractivity contribution is -0.137. The molecule has 0 unspecified atom stereocenters. The number of alkyl halides is 6. The zero-order valence-electron chi connectivity index (χ0n) is 19.4. The summed E-state index contributed by atoms with van der Waals surface area (Å²) in [7, 11) is 2.61. The lowest BCUT2D eigenvalue weighted by atomic mass is 9.54. The summed E-state index contributed by atoms with van der Waals surface area (Å²) in [5.74, 6) is -0.479. The number of nitrogens with zero attached hydrogens (tertiary/aromatic N) is 4. The van der Waals surface area contributed by atoms with E-state index in [0.717, 1.165) is 44.6 Å². The molecule has 3 aliphatic carbocycles. The van der Waals surface area contributed by atoms with Gasteiger partial charge in [0, 0.05) is 36.7 Å². The molecule has 2 bridgehead atoms. The molecule has 0 amide bonds. The molecule has 1 aromatic carbocycles. The van der Waals surface area contributed by atoms with E-state index >= 15 is 0 Å². The second-order valence-electron chi connectivity index (χ2n) is 8.95. The number of halogens is 6. The zero-order chi connectivity index (χ0) is 25.7. The zero-order valence-corrected chi connectivity index (χ0v) is 19.4. The van der Waals surface area contributed by atoms with Gasteiger partial charge >= 0.3 is 12.4 Å². The largest absolute Gasteiger partial charge is 0.417 e. The average molecular weight is 503 g/mol. The van der Waals surface area contributed by atoms with Crippen molar-refractivity contribution in [1.29, 1.82) is 0 Å². The molecule has 0 aromatic heterocycles. The number of amidine groups is 1. The molecule has 1 aromatic rings. The molecule has 192 valence electrons. The van der Waals surface area contributed by atoms with E-state index in [1.54, 1.807) is 12.4 Å². The standard InChI is InChI=1S/C23H27F6N5O/c1-30-18(13-22(24,25)26)35-33-15-21-10-7-20(8-11-21,9-12-21)14-32-34-19(31-2)16-5-3-4-6-17(16)23(27,28)29/h3-6,14-15H,7-13H2,1-2H3,(H,31,34)/b30-18?,32-14+,33-15+. The maximum atomic E-state index is 13.3. The van der Waals surface area contributed by atoms with E-state index < -0.39 is 30.2 Å². The van der Waals surface area contributed by atoms with E-state index in [-0.39, 0.29) is 22.2 Å². The molecular weight excluding hydrogens is 476 g/mol. The van der Waals surface area contributed by atoms with E-state index in [4.69, 9.17) is 4.84 Å². The predicted octanol–water partition coefficient (Wildman–Crippen LogP) is 5.98. The predicted molar refractivity (Wildman–Crippen MR) is 122 cm³/mol. The molecule has 0 atom stereocenters. The van der Waals surface area contributed by atoms with Crippen LogP contribution in [0.5, 0.6) is 0 Å². The number of benzene rings is 1. The van der Waals surface area contributed by atoms with Crippen molar-refractivity contribution in [3.05, 3.63) is 35.4 Å². The Morgan fingerprint density at radius 2 is 1.49 bits per heavy atom. The summed E-state index contributed by atoms with van der Waals surface area (Å²) in [6.45, 7) is 0. The highest BCUT2D eigenvalue weighted by atomic mass is 19.4. The lowest BCUT2D eigenvalue weighted by Gasteiger charge is -2.50. The first-order valence-electron chi connectivity index (χ1n) is 11.1. The maximum Gasteiger partial charge on any atom is 0.417 e. The molecule has 3 fully saturated rings. The van der Waals surface area contributed by atoms with Gasteiger partial charge in [0.05, 0.1) is 11.8 Å². The molecule has 1 N–H and O–H groups in total. The molecule has 0 saturated heterocycles. The first-order chi connectivity index (χ1) is 16.4. The molecule has 12 heteroatoms. The number of fused-ring (bicyclic) bond motifs is 3. The van der Waals surface area contributed by atoms with Gasteiger partial charge in [-0.1, -0.05) is 23.4 Å². The van der Waals surface area contributed by atoms with E-state index in [0.29, 0.717) is 0 Å². The number of hydrazone groups is 1. The van der Waals surface area contributed by atoms with Crippen LogP contribution in [0, 0.1) is 10.8 Å². The van der Waals surface area contributed by atoms with E-state index in [2.05, 4.69) is 25.7 Å². The molecule has 0 radical (unpaired) electrons. The van der Waals surface area contributed by atoms with Crippen LogP contribution < -0.4 is 5.43 Å². The van der Waals surface area contributed by atoms with Crippen LogP contribution in [-0.4, -0.2) is 44.4 Å². The fourth-order valence-electron chi connectivity index (χ4n) is 4.55. The van der Waals surface area contributed by atoms with Gasteiger partial charge in [0.25, 0.3) is 0 Å². The third-order valence-electron chi connectivity index (χ3n) is 6.67. The summed E-state index contributed by atoms with van der Waals surface area (Å²) < 4.78 is 77.6. The molecule has 0 spiro atoms. The van der Waals surface area contributed by atoms with Crippen molar-refractivity contribution in [2.45, 2.75) is 57.3 Å². The number of nitrogens with one attached hydrogen (secondary N) is 1. The summed E-state index contributed by atoms with van der Waals surface area (Å²) in [5, 5.41) is 8.02. The Bertz CT molecular complexity index is 988. The van der Waals surface area contributed by atoms with Crippen LogP contribution >= 0.6 is 0 Å². The molecule has 35 heavy (non-hydrogen) atoms. The van der Waals surface area contributed by atoms with Crippen molar-refractivity contribution < 1.29 is 31.2 Å². The van der Waals surface area contributed by atoms with Gasteiger partial charge in [-0.25, -0.2) is 0 Å². The minimum Gasteiger partial charge on any atom is -0.342 e. The third-order valence-corrected chi connectivity index (χ3v) is 6.67. The SMILES string of the molecule is CN=C(CC(F)(F)F)O/N=C/C12CCC(/C=N/NC(=NC)c3ccccc3C(F)(F)F)(CC1)CC2. The quantitative estimate of drug-likeness (QED) is 0.225. The highest BCUT2D eigenvalue weighted by Gasteiger charge is 2.47. The van der Waals surface area contributed by atoms with Crippen molar-refractivity contribution in [1.82, 2.24) is 5.43 Å². The Hall–Kier alpha value is -2.92. The fraction of sp³-hybridized carbons (Fsp3) is 0.565. The minimum absolute atomic E-state index is 0.0167. The molecular formula is C23H27F6N5O. The molecule has 0 aliphatic heterocycles. The Labute approximate surface area is 199 Å². The van der Waals surface area contributed by atoms with Crippen LogP contribution in [0.4, 0.5) is 26.3 Å². The van der Waals surface area contributed by atoms with Crippen LogP contribution in [0.3, 0.4) is 0 Å². The number of hydrogen-bond acceptors (Lipinski definition) is 5. The van der Waals surface area contributed by atoms with Crippen LogP contribution in [0.1, 0.15) is 56.1 Å². The minimum atomic E-state index is -4.52.